The highest BCUT2D eigenvalue weighted by Gasteiger charge is 2.16. The summed E-state index contributed by atoms with van der Waals surface area (Å²) in [6, 6.07) is 19.5. The molecule has 0 fully saturated rings. The predicted molar refractivity (Wildman–Crippen MR) is 72.8 cm³/mol. The fraction of sp³-hybridized carbons (Fsp3) is 0.250. The molecule has 94 valence electrons. The molecule has 2 aromatic carbocycles. The molecule has 0 atom stereocenters. The van der Waals surface area contributed by atoms with Gasteiger partial charge < -0.3 is 9.47 Å². The van der Waals surface area contributed by atoms with Crippen LogP contribution in [0.5, 0.6) is 11.5 Å². The summed E-state index contributed by atoms with van der Waals surface area (Å²) >= 11 is 0. The number of rotatable bonds is 5. The molecule has 2 heteroatoms. The number of ether oxygens (including phenoxy) is 2. The Balaban J connectivity index is 2.05. The van der Waals surface area contributed by atoms with Gasteiger partial charge in [0.1, 0.15) is 11.5 Å². The van der Waals surface area contributed by atoms with Crippen molar-refractivity contribution < 1.29 is 9.47 Å². The maximum absolute atomic E-state index is 5.86. The Morgan fingerprint density at radius 1 is 0.667 bits per heavy atom. The van der Waals surface area contributed by atoms with Crippen LogP contribution in [0.1, 0.15) is 13.8 Å². The van der Waals surface area contributed by atoms with Crippen molar-refractivity contribution in [2.24, 2.45) is 5.92 Å². The van der Waals surface area contributed by atoms with E-state index < -0.39 is 0 Å². The molecule has 18 heavy (non-hydrogen) atoms. The minimum Gasteiger partial charge on any atom is -0.455 e. The van der Waals surface area contributed by atoms with Gasteiger partial charge in [-0.05, 0) is 24.3 Å². The van der Waals surface area contributed by atoms with E-state index in [-0.39, 0.29) is 12.2 Å². The molecule has 0 bridgehead atoms. The first kappa shape index (κ1) is 12.5. The summed E-state index contributed by atoms with van der Waals surface area (Å²) in [6.07, 6.45) is -0.283. The van der Waals surface area contributed by atoms with E-state index in [0.717, 1.165) is 11.5 Å². The molecule has 0 amide bonds. The Morgan fingerprint density at radius 2 is 1.06 bits per heavy atom. The molecular weight excluding hydrogens is 224 g/mol. The van der Waals surface area contributed by atoms with Crippen molar-refractivity contribution in [1.82, 2.24) is 0 Å². The lowest BCUT2D eigenvalue weighted by atomic mass is 10.2. The van der Waals surface area contributed by atoms with Crippen LogP contribution in [0.4, 0.5) is 0 Å². The number of para-hydroxylation sites is 2. The average molecular weight is 242 g/mol. The normalized spacial score (nSPS) is 10.7. The third-order valence-corrected chi connectivity index (χ3v) is 2.54. The molecule has 0 aliphatic heterocycles. The van der Waals surface area contributed by atoms with E-state index in [9.17, 15) is 0 Å². The van der Waals surface area contributed by atoms with Crippen LogP contribution in [0.25, 0.3) is 0 Å². The Kier molecular flexibility index (Phi) is 4.24. The molecule has 0 aliphatic rings. The highest BCUT2D eigenvalue weighted by Crippen LogP contribution is 2.19. The van der Waals surface area contributed by atoms with E-state index in [1.54, 1.807) is 0 Å². The number of hydrogen-bond acceptors (Lipinski definition) is 2. The van der Waals surface area contributed by atoms with Gasteiger partial charge in [-0.15, -0.1) is 0 Å². The Bertz CT molecular complexity index is 410. The van der Waals surface area contributed by atoms with Crippen LogP contribution in [-0.4, -0.2) is 6.29 Å². The zero-order valence-electron chi connectivity index (χ0n) is 10.7. The first-order valence-corrected chi connectivity index (χ1v) is 6.19. The van der Waals surface area contributed by atoms with Crippen LogP contribution in [-0.2, 0) is 0 Å². The Hall–Kier alpha value is -1.96. The van der Waals surface area contributed by atoms with Gasteiger partial charge in [0, 0.05) is 5.92 Å². The van der Waals surface area contributed by atoms with Crippen LogP contribution in [0.15, 0.2) is 60.7 Å². The largest absolute Gasteiger partial charge is 0.455 e. The van der Waals surface area contributed by atoms with Crippen molar-refractivity contribution in [3.63, 3.8) is 0 Å². The van der Waals surface area contributed by atoms with Crippen molar-refractivity contribution in [3.8, 4) is 11.5 Å². The summed E-state index contributed by atoms with van der Waals surface area (Å²) in [7, 11) is 0. The van der Waals surface area contributed by atoms with E-state index in [1.165, 1.54) is 0 Å². The van der Waals surface area contributed by atoms with Gasteiger partial charge in [0.25, 0.3) is 0 Å². The molecule has 0 spiro atoms. The molecule has 0 unspecified atom stereocenters. The van der Waals surface area contributed by atoms with E-state index in [1.807, 2.05) is 60.7 Å². The van der Waals surface area contributed by atoms with Crippen LogP contribution in [0.3, 0.4) is 0 Å². The topological polar surface area (TPSA) is 18.5 Å². The molecule has 0 radical (unpaired) electrons. The predicted octanol–water partition coefficient (Wildman–Crippen LogP) is 4.13. The van der Waals surface area contributed by atoms with Gasteiger partial charge in [-0.2, -0.15) is 0 Å². The monoisotopic (exact) mass is 242 g/mol. The van der Waals surface area contributed by atoms with Crippen molar-refractivity contribution >= 4 is 0 Å². The van der Waals surface area contributed by atoms with Gasteiger partial charge in [-0.1, -0.05) is 50.2 Å². The first-order chi connectivity index (χ1) is 8.75. The summed E-state index contributed by atoms with van der Waals surface area (Å²) in [5, 5.41) is 0. The van der Waals surface area contributed by atoms with Gasteiger partial charge >= 0.3 is 0 Å². The fourth-order valence-corrected chi connectivity index (χ4v) is 1.56. The Labute approximate surface area is 108 Å². The zero-order chi connectivity index (χ0) is 12.8. The molecule has 0 heterocycles. The fourth-order valence-electron chi connectivity index (χ4n) is 1.56. The molecule has 0 aliphatic carbocycles. The molecule has 2 nitrogen and oxygen atoms in total. The van der Waals surface area contributed by atoms with Gasteiger partial charge in [-0.25, -0.2) is 0 Å². The highest BCUT2D eigenvalue weighted by molar-refractivity contribution is 5.23. The standard InChI is InChI=1S/C16H18O2/c1-13(2)16(17-14-9-5-3-6-10-14)18-15-11-7-4-8-12-15/h3-13,16H,1-2H3. The van der Waals surface area contributed by atoms with Crippen LogP contribution >= 0.6 is 0 Å². The number of benzene rings is 2. The molecule has 2 aromatic rings. The summed E-state index contributed by atoms with van der Waals surface area (Å²) in [6.45, 7) is 4.16. The maximum atomic E-state index is 5.86. The molecule has 0 saturated carbocycles. The van der Waals surface area contributed by atoms with Gasteiger partial charge in [0.15, 0.2) is 0 Å². The SMILES string of the molecule is CC(C)C(Oc1ccccc1)Oc1ccccc1. The highest BCUT2D eigenvalue weighted by atomic mass is 16.7. The van der Waals surface area contributed by atoms with Crippen LogP contribution < -0.4 is 9.47 Å². The molecule has 0 N–H and O–H groups in total. The second kappa shape index (κ2) is 6.10. The summed E-state index contributed by atoms with van der Waals surface area (Å²) in [4.78, 5) is 0. The minimum atomic E-state index is -0.283. The lowest BCUT2D eigenvalue weighted by Crippen LogP contribution is -2.29. The molecule has 2 rings (SSSR count). The van der Waals surface area contributed by atoms with E-state index >= 15 is 0 Å². The third-order valence-electron chi connectivity index (χ3n) is 2.54. The van der Waals surface area contributed by atoms with Gasteiger partial charge in [0.2, 0.25) is 6.29 Å². The molecular formula is C16H18O2. The third kappa shape index (κ3) is 3.52. The van der Waals surface area contributed by atoms with Gasteiger partial charge in [0.05, 0.1) is 0 Å². The quantitative estimate of drug-likeness (QED) is 0.734. The average Bonchev–Trinajstić information content (AvgIpc) is 2.40. The second-order valence-corrected chi connectivity index (χ2v) is 4.47. The van der Waals surface area contributed by atoms with E-state index in [4.69, 9.17) is 9.47 Å². The lowest BCUT2D eigenvalue weighted by molar-refractivity contribution is -0.0297. The van der Waals surface area contributed by atoms with Gasteiger partial charge in [-0.3, -0.25) is 0 Å². The summed E-state index contributed by atoms with van der Waals surface area (Å²) < 4.78 is 11.7. The van der Waals surface area contributed by atoms with Crippen molar-refractivity contribution in [2.45, 2.75) is 20.1 Å². The van der Waals surface area contributed by atoms with Crippen molar-refractivity contribution in [3.05, 3.63) is 60.7 Å². The number of hydrogen-bond donors (Lipinski definition) is 0. The van der Waals surface area contributed by atoms with Crippen molar-refractivity contribution in [1.29, 1.82) is 0 Å². The smallest absolute Gasteiger partial charge is 0.243 e. The van der Waals surface area contributed by atoms with Crippen molar-refractivity contribution in [2.75, 3.05) is 0 Å². The Morgan fingerprint density at radius 3 is 1.39 bits per heavy atom. The summed E-state index contributed by atoms with van der Waals surface area (Å²) in [5.41, 5.74) is 0. The first-order valence-electron chi connectivity index (χ1n) is 6.19. The second-order valence-electron chi connectivity index (χ2n) is 4.47. The molecule has 0 aromatic heterocycles. The lowest BCUT2D eigenvalue weighted by Gasteiger charge is -2.23. The minimum absolute atomic E-state index is 0.269. The van der Waals surface area contributed by atoms with E-state index in [0.29, 0.717) is 0 Å². The zero-order valence-corrected chi connectivity index (χ0v) is 10.7. The van der Waals surface area contributed by atoms with Crippen LogP contribution in [0, 0.1) is 5.92 Å². The summed E-state index contributed by atoms with van der Waals surface area (Å²) in [5.74, 6) is 1.92. The van der Waals surface area contributed by atoms with Crippen LogP contribution in [0.2, 0.25) is 0 Å². The maximum Gasteiger partial charge on any atom is 0.243 e. The molecule has 0 saturated heterocycles. The van der Waals surface area contributed by atoms with E-state index in [2.05, 4.69) is 13.8 Å².